The molecule has 5 heteroatoms. The van der Waals surface area contributed by atoms with Crippen LogP contribution in [-0.2, 0) is 10.0 Å². The smallest absolute Gasteiger partial charge is 0.241 e. The lowest BCUT2D eigenvalue weighted by Gasteiger charge is -2.30. The lowest BCUT2D eigenvalue weighted by Crippen LogP contribution is -3.12. The molecule has 0 aliphatic heterocycles. The number of nitrogens with one attached hydrogen (secondary N) is 2. The van der Waals surface area contributed by atoms with Crippen LogP contribution in [-0.4, -0.2) is 21.5 Å². The third-order valence-corrected chi connectivity index (χ3v) is 7.11. The molecule has 2 atom stereocenters. The summed E-state index contributed by atoms with van der Waals surface area (Å²) in [5, 5.41) is 2.37. The third-order valence-electron chi connectivity index (χ3n) is 5.66. The molecule has 0 radical (unpaired) electrons. The van der Waals surface area contributed by atoms with E-state index < -0.39 is 10.0 Å². The number of hydrogen-bond donors (Lipinski definition) is 2. The Morgan fingerprint density at radius 3 is 2.11 bits per heavy atom. The largest absolute Gasteiger partial charge is 0.328 e. The average molecular weight is 382 g/mol. The van der Waals surface area contributed by atoms with Crippen LogP contribution in [0.25, 0.3) is 10.8 Å². The van der Waals surface area contributed by atoms with Crippen LogP contribution in [0, 0.1) is 0 Å². The summed E-state index contributed by atoms with van der Waals surface area (Å²) in [5.74, 6) is 0. The summed E-state index contributed by atoms with van der Waals surface area (Å²) in [7, 11) is -3.60. The van der Waals surface area contributed by atoms with Crippen molar-refractivity contribution in [2.24, 2.45) is 0 Å². The van der Waals surface area contributed by atoms with Gasteiger partial charge in [-0.3, -0.25) is 0 Å². The molecule has 0 bridgehead atoms. The summed E-state index contributed by atoms with van der Waals surface area (Å²) >= 11 is 0. The molecule has 0 unspecified atom stereocenters. The number of sulfonamides is 1. The van der Waals surface area contributed by atoms with Crippen molar-refractivity contribution in [1.82, 2.24) is 4.72 Å². The van der Waals surface area contributed by atoms with Crippen molar-refractivity contribution in [3.8, 4) is 0 Å². The minimum absolute atomic E-state index is 0.0691. The fourth-order valence-corrected chi connectivity index (χ4v) is 5.64. The molecule has 0 aromatic heterocycles. The summed E-state index contributed by atoms with van der Waals surface area (Å²) in [4.78, 5) is 1.68. The van der Waals surface area contributed by atoms with Crippen molar-refractivity contribution in [3.63, 3.8) is 0 Å². The first-order valence-electron chi connectivity index (χ1n) is 9.50. The summed E-state index contributed by atoms with van der Waals surface area (Å²) in [6.45, 7) is 6.19. The van der Waals surface area contributed by atoms with Crippen LogP contribution >= 0.6 is 0 Å². The number of benzene rings is 3. The zero-order valence-corrected chi connectivity index (χ0v) is 16.5. The van der Waals surface area contributed by atoms with E-state index in [1.54, 1.807) is 24.3 Å². The van der Waals surface area contributed by atoms with Crippen molar-refractivity contribution in [1.29, 1.82) is 0 Å². The fraction of sp³-hybridized carbons (Fsp3) is 0.273. The van der Waals surface area contributed by atoms with Gasteiger partial charge < -0.3 is 4.90 Å². The Bertz CT molecular complexity index is 1050. The molecule has 0 heterocycles. The highest BCUT2D eigenvalue weighted by molar-refractivity contribution is 7.89. The molecule has 3 aromatic rings. The third kappa shape index (κ3) is 3.06. The van der Waals surface area contributed by atoms with E-state index in [0.29, 0.717) is 4.90 Å². The molecule has 0 saturated carbocycles. The van der Waals surface area contributed by atoms with E-state index in [1.165, 1.54) is 21.2 Å². The van der Waals surface area contributed by atoms with Gasteiger partial charge >= 0.3 is 0 Å². The molecule has 27 heavy (non-hydrogen) atoms. The molecule has 1 aliphatic rings. The van der Waals surface area contributed by atoms with Crippen molar-refractivity contribution in [3.05, 3.63) is 77.9 Å². The molecule has 4 nitrogen and oxygen atoms in total. The lowest BCUT2D eigenvalue weighted by molar-refractivity contribution is -0.930. The molecule has 0 fully saturated rings. The van der Waals surface area contributed by atoms with Crippen molar-refractivity contribution in [2.45, 2.75) is 30.8 Å². The predicted molar refractivity (Wildman–Crippen MR) is 108 cm³/mol. The highest BCUT2D eigenvalue weighted by atomic mass is 32.2. The SMILES string of the molecule is CC[NH+](CC)[C@@H]1c2cccc3cccc(c23)[C@@H]1NS(=O)(=O)c1ccccc1. The molecule has 140 valence electrons. The molecular weight excluding hydrogens is 356 g/mol. The van der Waals surface area contributed by atoms with Gasteiger partial charge in [-0.1, -0.05) is 54.6 Å². The van der Waals surface area contributed by atoms with Gasteiger partial charge in [0.1, 0.15) is 12.1 Å². The summed E-state index contributed by atoms with van der Waals surface area (Å²) in [5.41, 5.74) is 2.31. The summed E-state index contributed by atoms with van der Waals surface area (Å²) in [6.07, 6.45) is 0. The van der Waals surface area contributed by atoms with Crippen molar-refractivity contribution in [2.75, 3.05) is 13.1 Å². The Balaban J connectivity index is 1.84. The Hall–Kier alpha value is -2.21. The maximum atomic E-state index is 13.1. The first kappa shape index (κ1) is 18.2. The van der Waals surface area contributed by atoms with Gasteiger partial charge in [0.25, 0.3) is 0 Å². The zero-order valence-electron chi connectivity index (χ0n) is 15.6. The molecular formula is C22H25N2O2S+. The van der Waals surface area contributed by atoms with Gasteiger partial charge in [0.05, 0.1) is 18.0 Å². The fourth-order valence-electron chi connectivity index (χ4n) is 4.39. The second-order valence-electron chi connectivity index (χ2n) is 7.05. The summed E-state index contributed by atoms with van der Waals surface area (Å²) in [6, 6.07) is 20.9. The Morgan fingerprint density at radius 1 is 0.852 bits per heavy atom. The number of quaternary nitrogens is 1. The molecule has 1 aliphatic carbocycles. The van der Waals surface area contributed by atoms with Crippen LogP contribution in [0.1, 0.15) is 37.1 Å². The zero-order chi connectivity index (χ0) is 19.0. The molecule has 0 spiro atoms. The quantitative estimate of drug-likeness (QED) is 0.690. The van der Waals surface area contributed by atoms with Gasteiger partial charge in [0, 0.05) is 5.56 Å². The standard InChI is InChI=1S/C22H24N2O2S/c1-3-24(4-2)22-19-15-9-11-16-10-8-14-18(20(16)19)21(22)23-27(25,26)17-12-6-5-7-13-17/h5-15,21-23H,3-4H2,1-2H3/p+1/t21-,22+/m0/s1. The van der Waals surface area contributed by atoms with Gasteiger partial charge in [-0.15, -0.1) is 0 Å². The Labute approximate surface area is 160 Å². The maximum absolute atomic E-state index is 13.1. The Morgan fingerprint density at radius 2 is 1.48 bits per heavy atom. The Kier molecular flexibility index (Phi) is 4.76. The van der Waals surface area contributed by atoms with Crippen LogP contribution in [0.5, 0.6) is 0 Å². The van der Waals surface area contributed by atoms with Crippen LogP contribution in [0.15, 0.2) is 71.6 Å². The van der Waals surface area contributed by atoms with Gasteiger partial charge in [-0.25, -0.2) is 8.42 Å². The first-order chi connectivity index (χ1) is 13.1. The van der Waals surface area contributed by atoms with Gasteiger partial charge in [0.15, 0.2) is 0 Å². The molecule has 3 aromatic carbocycles. The van der Waals surface area contributed by atoms with Crippen LogP contribution < -0.4 is 9.62 Å². The highest BCUT2D eigenvalue weighted by Gasteiger charge is 2.42. The van der Waals surface area contributed by atoms with E-state index in [-0.39, 0.29) is 12.1 Å². The molecule has 0 saturated heterocycles. The topological polar surface area (TPSA) is 50.6 Å². The normalized spacial score (nSPS) is 19.1. The maximum Gasteiger partial charge on any atom is 0.241 e. The molecule has 0 amide bonds. The van der Waals surface area contributed by atoms with Crippen LogP contribution in [0.3, 0.4) is 0 Å². The average Bonchev–Trinajstić information content (AvgIpc) is 2.99. The second-order valence-corrected chi connectivity index (χ2v) is 8.76. The lowest BCUT2D eigenvalue weighted by atomic mass is 10.0. The van der Waals surface area contributed by atoms with Crippen molar-refractivity contribution < 1.29 is 13.3 Å². The second kappa shape index (κ2) is 7.08. The van der Waals surface area contributed by atoms with Crippen LogP contribution in [0.4, 0.5) is 0 Å². The minimum Gasteiger partial charge on any atom is -0.328 e. The predicted octanol–water partition coefficient (Wildman–Crippen LogP) is 2.84. The van der Waals surface area contributed by atoms with Crippen LogP contribution in [0.2, 0.25) is 0 Å². The van der Waals surface area contributed by atoms with E-state index in [2.05, 4.69) is 48.9 Å². The minimum atomic E-state index is -3.60. The van der Waals surface area contributed by atoms with Crippen molar-refractivity contribution >= 4 is 20.8 Å². The van der Waals surface area contributed by atoms with E-state index in [1.807, 2.05) is 12.1 Å². The number of rotatable bonds is 6. The van der Waals surface area contributed by atoms with E-state index in [9.17, 15) is 8.42 Å². The van der Waals surface area contributed by atoms with E-state index >= 15 is 0 Å². The molecule has 4 rings (SSSR count). The number of likely N-dealkylation sites (N-methyl/N-ethyl adjacent to an activating group) is 1. The highest BCUT2D eigenvalue weighted by Crippen LogP contribution is 2.43. The van der Waals surface area contributed by atoms with Gasteiger partial charge in [0.2, 0.25) is 10.0 Å². The van der Waals surface area contributed by atoms with E-state index in [0.717, 1.165) is 18.7 Å². The monoisotopic (exact) mass is 381 g/mol. The molecule has 2 N–H and O–H groups in total. The van der Waals surface area contributed by atoms with Gasteiger partial charge in [-0.05, 0) is 42.3 Å². The van der Waals surface area contributed by atoms with E-state index in [4.69, 9.17) is 0 Å². The summed E-state index contributed by atoms with van der Waals surface area (Å²) < 4.78 is 29.2. The first-order valence-corrected chi connectivity index (χ1v) is 11.0. The van der Waals surface area contributed by atoms with Gasteiger partial charge in [-0.2, -0.15) is 4.72 Å². The number of hydrogen-bond acceptors (Lipinski definition) is 2.